The number of pyridine rings is 1. The van der Waals surface area contributed by atoms with Crippen LogP contribution in [-0.4, -0.2) is 24.3 Å². The van der Waals surface area contributed by atoms with Crippen LogP contribution in [0.5, 0.6) is 11.5 Å². The maximum absolute atomic E-state index is 9.93. The van der Waals surface area contributed by atoms with Crippen LogP contribution in [0.4, 0.5) is 17.1 Å². The van der Waals surface area contributed by atoms with E-state index in [1.165, 1.54) is 0 Å². The highest BCUT2D eigenvalue weighted by Gasteiger charge is 2.07. The summed E-state index contributed by atoms with van der Waals surface area (Å²) < 4.78 is 15.6. The number of hydrogen-bond acceptors (Lipinski definition) is 6. The van der Waals surface area contributed by atoms with Crippen LogP contribution < -0.4 is 10.1 Å². The molecule has 7 heteroatoms. The molecule has 1 heterocycles. The normalized spacial score (nSPS) is 12.1. The molecule has 0 saturated heterocycles. The van der Waals surface area contributed by atoms with E-state index in [-0.39, 0.29) is 5.75 Å². The standard InChI is InChI=1S/C23H21N3O3S/c1-28-19-13-17(12-18(27)15-19)25-23-10-11-24-22-9-8-16(14-21(22)23)26-30(29-2)20-6-4-3-5-7-20/h3-15,27H,1-2H3,(H,24,25). The Morgan fingerprint density at radius 2 is 1.80 bits per heavy atom. The van der Waals surface area contributed by atoms with Crippen molar-refractivity contribution in [2.24, 2.45) is 4.36 Å². The van der Waals surface area contributed by atoms with E-state index in [1.807, 2.05) is 60.7 Å². The van der Waals surface area contributed by atoms with Crippen molar-refractivity contribution in [1.82, 2.24) is 4.98 Å². The second-order valence-corrected chi connectivity index (χ2v) is 7.91. The van der Waals surface area contributed by atoms with E-state index in [9.17, 15) is 5.11 Å². The molecule has 1 aromatic heterocycles. The van der Waals surface area contributed by atoms with E-state index in [2.05, 4.69) is 10.3 Å². The maximum atomic E-state index is 9.93. The van der Waals surface area contributed by atoms with Gasteiger partial charge in [-0.3, -0.25) is 4.98 Å². The third kappa shape index (κ3) is 4.42. The number of ether oxygens (including phenoxy) is 1. The number of phenolic OH excluding ortho intramolecular Hbond substituents is 1. The molecule has 0 aliphatic heterocycles. The summed E-state index contributed by atoms with van der Waals surface area (Å²) in [7, 11) is 2.51. The Labute approximate surface area is 177 Å². The fourth-order valence-corrected chi connectivity index (χ4v) is 4.12. The molecule has 30 heavy (non-hydrogen) atoms. The Kier molecular flexibility index (Phi) is 5.92. The van der Waals surface area contributed by atoms with Gasteiger partial charge in [0.15, 0.2) is 0 Å². The number of rotatable bonds is 6. The van der Waals surface area contributed by atoms with E-state index < -0.39 is 11.0 Å². The number of hydrogen-bond donors (Lipinski definition) is 2. The van der Waals surface area contributed by atoms with Gasteiger partial charge in [0, 0.05) is 46.1 Å². The van der Waals surface area contributed by atoms with Crippen molar-refractivity contribution in [3.05, 3.63) is 79.0 Å². The molecule has 0 fully saturated rings. The fourth-order valence-electron chi connectivity index (χ4n) is 3.05. The highest BCUT2D eigenvalue weighted by atomic mass is 32.2. The van der Waals surface area contributed by atoms with Gasteiger partial charge in [-0.05, 0) is 36.4 Å². The van der Waals surface area contributed by atoms with E-state index >= 15 is 0 Å². The third-order valence-corrected chi connectivity index (χ3v) is 5.79. The largest absolute Gasteiger partial charge is 0.508 e. The summed E-state index contributed by atoms with van der Waals surface area (Å²) in [5, 5.41) is 14.2. The zero-order chi connectivity index (χ0) is 20.9. The molecule has 0 bridgehead atoms. The minimum absolute atomic E-state index is 0.123. The molecule has 6 nitrogen and oxygen atoms in total. The zero-order valence-electron chi connectivity index (χ0n) is 16.6. The van der Waals surface area contributed by atoms with Gasteiger partial charge in [0.25, 0.3) is 0 Å². The summed E-state index contributed by atoms with van der Waals surface area (Å²) in [5.41, 5.74) is 3.19. The molecule has 1 unspecified atom stereocenters. The first-order valence-electron chi connectivity index (χ1n) is 9.26. The summed E-state index contributed by atoms with van der Waals surface area (Å²) in [6.45, 7) is 0. The number of aromatic hydroxyl groups is 1. The van der Waals surface area contributed by atoms with Crippen LogP contribution in [0, 0.1) is 0 Å². The van der Waals surface area contributed by atoms with Crippen molar-refractivity contribution in [2.75, 3.05) is 19.5 Å². The molecule has 0 saturated carbocycles. The smallest absolute Gasteiger partial charge is 0.124 e. The Bertz CT molecular complexity index is 1210. The predicted molar refractivity (Wildman–Crippen MR) is 121 cm³/mol. The van der Waals surface area contributed by atoms with E-state index in [0.29, 0.717) is 11.4 Å². The second kappa shape index (κ2) is 8.94. The molecule has 0 amide bonds. The van der Waals surface area contributed by atoms with Gasteiger partial charge in [0.2, 0.25) is 0 Å². The maximum Gasteiger partial charge on any atom is 0.124 e. The number of nitrogens with zero attached hydrogens (tertiary/aromatic N) is 2. The van der Waals surface area contributed by atoms with Gasteiger partial charge in [0.1, 0.15) is 11.5 Å². The van der Waals surface area contributed by atoms with Gasteiger partial charge in [-0.1, -0.05) is 18.2 Å². The lowest BCUT2D eigenvalue weighted by atomic mass is 10.1. The van der Waals surface area contributed by atoms with Gasteiger partial charge < -0.3 is 19.3 Å². The van der Waals surface area contributed by atoms with Crippen LogP contribution in [0.15, 0.2) is 88.3 Å². The number of fused-ring (bicyclic) bond motifs is 1. The molecule has 0 radical (unpaired) electrons. The van der Waals surface area contributed by atoms with Gasteiger partial charge in [-0.25, -0.2) is 0 Å². The quantitative estimate of drug-likeness (QED) is 0.416. The summed E-state index contributed by atoms with van der Waals surface area (Å²) in [6.07, 6.45) is 1.74. The highest BCUT2D eigenvalue weighted by molar-refractivity contribution is 7.82. The van der Waals surface area contributed by atoms with Crippen molar-refractivity contribution in [2.45, 2.75) is 4.90 Å². The number of nitrogens with one attached hydrogen (secondary N) is 1. The van der Waals surface area contributed by atoms with Gasteiger partial charge in [-0.2, -0.15) is 4.36 Å². The number of benzene rings is 3. The molecule has 4 rings (SSSR count). The average Bonchev–Trinajstić information content (AvgIpc) is 2.78. The van der Waals surface area contributed by atoms with Crippen molar-refractivity contribution in [1.29, 1.82) is 0 Å². The minimum Gasteiger partial charge on any atom is -0.508 e. The van der Waals surface area contributed by atoms with E-state index in [1.54, 1.807) is 32.5 Å². The first-order valence-corrected chi connectivity index (χ1v) is 10.4. The minimum atomic E-state index is -0.706. The molecule has 3 aromatic carbocycles. The molecule has 0 aliphatic rings. The van der Waals surface area contributed by atoms with Crippen LogP contribution in [-0.2, 0) is 15.2 Å². The lowest BCUT2D eigenvalue weighted by molar-refractivity contribution is 0.408. The first kappa shape index (κ1) is 19.9. The summed E-state index contributed by atoms with van der Waals surface area (Å²) in [5.74, 6) is 0.691. The summed E-state index contributed by atoms with van der Waals surface area (Å²) in [6, 6.07) is 22.7. The van der Waals surface area contributed by atoms with E-state index in [0.717, 1.165) is 27.2 Å². The Hall–Kier alpha value is -3.42. The first-order chi connectivity index (χ1) is 14.7. The van der Waals surface area contributed by atoms with Crippen LogP contribution in [0.25, 0.3) is 10.9 Å². The predicted octanol–water partition coefficient (Wildman–Crippen LogP) is 5.75. The number of phenols is 1. The molecule has 0 spiro atoms. The molecular formula is C23H21N3O3S. The topological polar surface area (TPSA) is 76.0 Å². The summed E-state index contributed by atoms with van der Waals surface area (Å²) in [4.78, 5) is 5.46. The Balaban J connectivity index is 1.74. The number of aromatic nitrogens is 1. The van der Waals surface area contributed by atoms with E-state index in [4.69, 9.17) is 13.3 Å². The highest BCUT2D eigenvalue weighted by Crippen LogP contribution is 2.32. The van der Waals surface area contributed by atoms with Gasteiger partial charge in [0.05, 0.1) is 36.4 Å². The van der Waals surface area contributed by atoms with Crippen LogP contribution in [0.2, 0.25) is 0 Å². The molecule has 1 atom stereocenters. The van der Waals surface area contributed by atoms with Crippen molar-refractivity contribution in [3.63, 3.8) is 0 Å². The Morgan fingerprint density at radius 1 is 0.967 bits per heavy atom. The molecular weight excluding hydrogens is 398 g/mol. The lowest BCUT2D eigenvalue weighted by Gasteiger charge is -2.12. The second-order valence-electron chi connectivity index (χ2n) is 6.42. The van der Waals surface area contributed by atoms with Crippen molar-refractivity contribution in [3.8, 4) is 11.5 Å². The van der Waals surface area contributed by atoms with Crippen LogP contribution in [0.1, 0.15) is 0 Å². The van der Waals surface area contributed by atoms with Crippen LogP contribution >= 0.6 is 0 Å². The third-order valence-electron chi connectivity index (χ3n) is 4.42. The number of anilines is 2. The average molecular weight is 420 g/mol. The summed E-state index contributed by atoms with van der Waals surface area (Å²) >= 11 is 0. The molecule has 152 valence electrons. The lowest BCUT2D eigenvalue weighted by Crippen LogP contribution is -1.94. The number of methoxy groups -OCH3 is 1. The SMILES string of the molecule is COc1cc(O)cc(Nc2ccnc3ccc(N=S(OC)c4ccccc4)cc23)c1. The molecule has 4 aromatic rings. The van der Waals surface area contributed by atoms with Crippen molar-refractivity contribution >= 4 is 38.9 Å². The fraction of sp³-hybridized carbons (Fsp3) is 0.0870. The van der Waals surface area contributed by atoms with Gasteiger partial charge in [-0.15, -0.1) is 0 Å². The Morgan fingerprint density at radius 3 is 2.57 bits per heavy atom. The molecule has 0 aliphatic carbocycles. The van der Waals surface area contributed by atoms with Crippen LogP contribution in [0.3, 0.4) is 0 Å². The monoisotopic (exact) mass is 419 g/mol. The zero-order valence-corrected chi connectivity index (χ0v) is 17.4. The van der Waals surface area contributed by atoms with Crippen molar-refractivity contribution < 1.29 is 14.0 Å². The van der Waals surface area contributed by atoms with Gasteiger partial charge >= 0.3 is 0 Å². The molecule has 2 N–H and O–H groups in total.